The van der Waals surface area contributed by atoms with Crippen molar-refractivity contribution < 1.29 is 4.74 Å². The maximum absolute atomic E-state index is 6.21. The summed E-state index contributed by atoms with van der Waals surface area (Å²) in [6.07, 6.45) is 2.28. The molecule has 1 heterocycles. The number of halogens is 1. The molecule has 23 heavy (non-hydrogen) atoms. The predicted molar refractivity (Wildman–Crippen MR) is 96.0 cm³/mol. The van der Waals surface area contributed by atoms with Crippen molar-refractivity contribution >= 4 is 17.6 Å². The Kier molecular flexibility index (Phi) is 7.15. The first kappa shape index (κ1) is 18.0. The lowest BCUT2D eigenvalue weighted by Gasteiger charge is -2.23. The minimum absolute atomic E-state index is 0.192. The highest BCUT2D eigenvalue weighted by molar-refractivity contribution is 6.31. The van der Waals surface area contributed by atoms with E-state index in [1.807, 2.05) is 24.3 Å². The first-order valence-electron chi connectivity index (χ1n) is 8.20. The lowest BCUT2D eigenvalue weighted by molar-refractivity contribution is 0.111. The zero-order valence-electron chi connectivity index (χ0n) is 14.0. The van der Waals surface area contributed by atoms with Crippen LogP contribution in [0.25, 0.3) is 0 Å². The summed E-state index contributed by atoms with van der Waals surface area (Å²) in [4.78, 5) is 6.88. The van der Waals surface area contributed by atoms with Crippen LogP contribution in [0.1, 0.15) is 31.4 Å². The quantitative estimate of drug-likeness (QED) is 0.592. The zero-order chi connectivity index (χ0) is 16.7. The van der Waals surface area contributed by atoms with Crippen molar-refractivity contribution in [1.29, 1.82) is 0 Å². The van der Waals surface area contributed by atoms with Crippen molar-refractivity contribution in [3.05, 3.63) is 34.9 Å². The molecule has 128 valence electrons. The van der Waals surface area contributed by atoms with Crippen LogP contribution in [-0.2, 0) is 4.74 Å². The molecule has 2 atom stereocenters. The number of aliphatic imine (C=N–C) groups is 1. The van der Waals surface area contributed by atoms with Crippen LogP contribution in [0, 0.1) is 0 Å². The second kappa shape index (κ2) is 9.11. The molecule has 0 aromatic heterocycles. The maximum Gasteiger partial charge on any atom is 0.188 e. The first-order valence-corrected chi connectivity index (χ1v) is 8.58. The van der Waals surface area contributed by atoms with Gasteiger partial charge in [-0.05, 0) is 32.0 Å². The van der Waals surface area contributed by atoms with Gasteiger partial charge >= 0.3 is 0 Å². The van der Waals surface area contributed by atoms with Crippen LogP contribution < -0.4 is 11.1 Å². The smallest absolute Gasteiger partial charge is 0.188 e. The summed E-state index contributed by atoms with van der Waals surface area (Å²) in [6.45, 7) is 5.75. The van der Waals surface area contributed by atoms with Gasteiger partial charge in [-0.25, -0.2) is 0 Å². The number of likely N-dealkylation sites (tertiary alicyclic amines) is 1. The summed E-state index contributed by atoms with van der Waals surface area (Å²) < 4.78 is 5.50. The van der Waals surface area contributed by atoms with Gasteiger partial charge in [0.1, 0.15) is 6.10 Å². The van der Waals surface area contributed by atoms with Crippen LogP contribution in [0.2, 0.25) is 5.02 Å². The number of guanidine groups is 1. The zero-order valence-corrected chi connectivity index (χ0v) is 14.7. The van der Waals surface area contributed by atoms with Crippen LogP contribution in [-0.4, -0.2) is 50.2 Å². The van der Waals surface area contributed by atoms with Gasteiger partial charge in [-0.1, -0.05) is 36.7 Å². The number of nitrogens with two attached hydrogens (primary N) is 1. The summed E-state index contributed by atoms with van der Waals surface area (Å²) in [5.41, 5.74) is 6.92. The highest BCUT2D eigenvalue weighted by Crippen LogP contribution is 2.25. The molecule has 1 aliphatic rings. The number of nitrogens with zero attached hydrogens (tertiary/aromatic N) is 2. The summed E-state index contributed by atoms with van der Waals surface area (Å²) in [5, 5.41) is 3.92. The summed E-state index contributed by atoms with van der Waals surface area (Å²) in [5.74, 6) is 0.460. The van der Waals surface area contributed by atoms with E-state index < -0.39 is 0 Å². The Morgan fingerprint density at radius 3 is 3.00 bits per heavy atom. The molecule has 1 saturated heterocycles. The molecule has 0 aliphatic carbocycles. The number of hydrogen-bond donors (Lipinski definition) is 2. The number of ether oxygens (including phenoxy) is 1. The number of nitrogens with one attached hydrogen (secondary N) is 1. The summed E-state index contributed by atoms with van der Waals surface area (Å²) in [6, 6.07) is 8.20. The molecule has 5 nitrogen and oxygen atoms in total. The minimum Gasteiger partial charge on any atom is -0.375 e. The molecule has 0 spiro atoms. The Morgan fingerprint density at radius 2 is 2.30 bits per heavy atom. The van der Waals surface area contributed by atoms with Gasteiger partial charge in [0.05, 0.1) is 6.54 Å². The standard InChI is InChI=1S/C17H27ClN4O/c1-3-22-10-6-7-13(22)11-20-17(19)21-12-16(23-2)14-8-4-5-9-15(14)18/h4-5,8-9,13,16H,3,6-7,10-12H2,1-2H3,(H3,19,20,21). The SMILES string of the molecule is CCN1CCCC1CNC(N)=NCC(OC)c1ccccc1Cl. The van der Waals surface area contributed by atoms with Gasteiger partial charge in [-0.15, -0.1) is 0 Å². The van der Waals surface area contributed by atoms with E-state index >= 15 is 0 Å². The van der Waals surface area contributed by atoms with E-state index in [4.69, 9.17) is 22.1 Å². The number of benzene rings is 1. The van der Waals surface area contributed by atoms with Crippen LogP contribution >= 0.6 is 11.6 Å². The average Bonchev–Trinajstić information content (AvgIpc) is 3.02. The van der Waals surface area contributed by atoms with Crippen molar-refractivity contribution in [2.24, 2.45) is 10.7 Å². The third-order valence-electron chi connectivity index (χ3n) is 4.39. The fourth-order valence-corrected chi connectivity index (χ4v) is 3.30. The Bertz CT molecular complexity index is 523. The van der Waals surface area contributed by atoms with Crippen molar-refractivity contribution in [2.75, 3.05) is 33.3 Å². The van der Waals surface area contributed by atoms with Crippen LogP contribution in [0.4, 0.5) is 0 Å². The molecule has 2 unspecified atom stereocenters. The molecule has 1 aromatic rings. The van der Waals surface area contributed by atoms with E-state index in [1.165, 1.54) is 19.4 Å². The van der Waals surface area contributed by atoms with Crippen molar-refractivity contribution in [2.45, 2.75) is 31.9 Å². The van der Waals surface area contributed by atoms with Crippen molar-refractivity contribution in [3.63, 3.8) is 0 Å². The second-order valence-corrected chi connectivity index (χ2v) is 6.18. The number of hydrogen-bond acceptors (Lipinski definition) is 3. The average molecular weight is 339 g/mol. The number of methoxy groups -OCH3 is 1. The molecule has 6 heteroatoms. The highest BCUT2D eigenvalue weighted by atomic mass is 35.5. The van der Waals surface area contributed by atoms with Gasteiger partial charge < -0.3 is 15.8 Å². The van der Waals surface area contributed by atoms with E-state index in [-0.39, 0.29) is 6.10 Å². The highest BCUT2D eigenvalue weighted by Gasteiger charge is 2.22. The van der Waals surface area contributed by atoms with Crippen molar-refractivity contribution in [3.8, 4) is 0 Å². The van der Waals surface area contributed by atoms with Gasteiger partial charge in [-0.3, -0.25) is 9.89 Å². The maximum atomic E-state index is 6.21. The van der Waals surface area contributed by atoms with Gasteiger partial charge in [0.25, 0.3) is 0 Å². The van der Waals surface area contributed by atoms with Crippen LogP contribution in [0.15, 0.2) is 29.3 Å². The van der Waals surface area contributed by atoms with E-state index in [0.717, 1.165) is 18.7 Å². The van der Waals surface area contributed by atoms with Gasteiger partial charge in [0.2, 0.25) is 0 Å². The lowest BCUT2D eigenvalue weighted by atomic mass is 10.1. The molecule has 2 rings (SSSR count). The Labute approximate surface area is 143 Å². The molecular weight excluding hydrogens is 312 g/mol. The lowest BCUT2D eigenvalue weighted by Crippen LogP contribution is -2.42. The Balaban J connectivity index is 1.86. The largest absolute Gasteiger partial charge is 0.375 e. The minimum atomic E-state index is -0.192. The number of rotatable bonds is 7. The van der Waals surface area contributed by atoms with E-state index in [9.17, 15) is 0 Å². The van der Waals surface area contributed by atoms with Crippen LogP contribution in [0.5, 0.6) is 0 Å². The molecule has 1 aromatic carbocycles. The first-order chi connectivity index (χ1) is 11.2. The van der Waals surface area contributed by atoms with Gasteiger partial charge in [0.15, 0.2) is 5.96 Å². The molecule has 1 aliphatic heterocycles. The summed E-state index contributed by atoms with van der Waals surface area (Å²) >= 11 is 6.21. The monoisotopic (exact) mass is 338 g/mol. The molecule has 3 N–H and O–H groups in total. The molecular formula is C17H27ClN4O. The molecule has 1 fully saturated rings. The third kappa shape index (κ3) is 5.09. The van der Waals surface area contributed by atoms with Crippen LogP contribution in [0.3, 0.4) is 0 Å². The predicted octanol–water partition coefficient (Wildman–Crippen LogP) is 2.42. The third-order valence-corrected chi connectivity index (χ3v) is 4.73. The number of likely N-dealkylation sites (N-methyl/N-ethyl adjacent to an activating group) is 1. The van der Waals surface area contributed by atoms with Gasteiger partial charge in [0, 0.05) is 30.3 Å². The van der Waals surface area contributed by atoms with E-state index in [2.05, 4.69) is 22.1 Å². The van der Waals surface area contributed by atoms with Gasteiger partial charge in [-0.2, -0.15) is 0 Å². The molecule has 0 saturated carbocycles. The Morgan fingerprint density at radius 1 is 1.52 bits per heavy atom. The fraction of sp³-hybridized carbons (Fsp3) is 0.588. The molecule has 0 amide bonds. The normalized spacial score (nSPS) is 20.7. The molecule has 0 bridgehead atoms. The summed E-state index contributed by atoms with van der Waals surface area (Å²) in [7, 11) is 1.66. The van der Waals surface area contributed by atoms with E-state index in [0.29, 0.717) is 23.6 Å². The van der Waals surface area contributed by atoms with E-state index in [1.54, 1.807) is 7.11 Å². The second-order valence-electron chi connectivity index (χ2n) is 5.78. The fourth-order valence-electron chi connectivity index (χ4n) is 3.04. The Hall–Kier alpha value is -1.30. The topological polar surface area (TPSA) is 62.9 Å². The molecule has 0 radical (unpaired) electrons. The van der Waals surface area contributed by atoms with Crippen molar-refractivity contribution in [1.82, 2.24) is 10.2 Å².